The zero-order chi connectivity index (χ0) is 16.1. The molecule has 0 amide bonds. The SMILES string of the molecule is O[C@@H](CNCc1ccc(-c2ccccc2Cl)o1)c1ccccc1. The van der Waals surface area contributed by atoms with Crippen LogP contribution in [0.1, 0.15) is 17.4 Å². The van der Waals surface area contributed by atoms with E-state index in [4.69, 9.17) is 16.0 Å². The summed E-state index contributed by atoms with van der Waals surface area (Å²) >= 11 is 6.17. The molecule has 0 saturated heterocycles. The van der Waals surface area contributed by atoms with Crippen LogP contribution in [0.4, 0.5) is 0 Å². The molecule has 3 aromatic rings. The average molecular weight is 328 g/mol. The molecule has 1 heterocycles. The summed E-state index contributed by atoms with van der Waals surface area (Å²) in [6.07, 6.45) is -0.533. The molecule has 0 saturated carbocycles. The van der Waals surface area contributed by atoms with Crippen LogP contribution in [-0.4, -0.2) is 11.7 Å². The second-order valence-corrected chi connectivity index (χ2v) is 5.71. The summed E-state index contributed by atoms with van der Waals surface area (Å²) in [4.78, 5) is 0. The number of hydrogen-bond donors (Lipinski definition) is 2. The first-order valence-corrected chi connectivity index (χ1v) is 7.89. The van der Waals surface area contributed by atoms with Gasteiger partial charge in [0, 0.05) is 12.1 Å². The molecule has 0 radical (unpaired) electrons. The van der Waals surface area contributed by atoms with Crippen LogP contribution in [0.15, 0.2) is 71.1 Å². The molecule has 23 heavy (non-hydrogen) atoms. The van der Waals surface area contributed by atoms with Crippen molar-refractivity contribution in [2.24, 2.45) is 0 Å². The highest BCUT2D eigenvalue weighted by Crippen LogP contribution is 2.28. The normalized spacial score (nSPS) is 12.3. The van der Waals surface area contributed by atoms with Crippen LogP contribution in [-0.2, 0) is 6.54 Å². The molecule has 0 spiro atoms. The van der Waals surface area contributed by atoms with Crippen LogP contribution in [0.5, 0.6) is 0 Å². The van der Waals surface area contributed by atoms with Crippen molar-refractivity contribution < 1.29 is 9.52 Å². The third kappa shape index (κ3) is 4.02. The molecule has 0 unspecified atom stereocenters. The molecule has 0 aliphatic heterocycles. The Bertz CT molecular complexity index is 755. The maximum atomic E-state index is 10.1. The average Bonchev–Trinajstić information content (AvgIpc) is 3.04. The first-order chi connectivity index (χ1) is 11.2. The fourth-order valence-corrected chi connectivity index (χ4v) is 2.63. The number of aliphatic hydroxyl groups is 1. The summed E-state index contributed by atoms with van der Waals surface area (Å²) in [5, 5.41) is 14.0. The largest absolute Gasteiger partial charge is 0.460 e. The van der Waals surface area contributed by atoms with Crippen molar-refractivity contribution in [3.8, 4) is 11.3 Å². The molecule has 3 rings (SSSR count). The van der Waals surface area contributed by atoms with Gasteiger partial charge in [0.15, 0.2) is 0 Å². The predicted octanol–water partition coefficient (Wildman–Crippen LogP) is 4.42. The number of nitrogens with one attached hydrogen (secondary N) is 1. The third-order valence-electron chi connectivity index (χ3n) is 3.62. The minimum absolute atomic E-state index is 0.464. The zero-order valence-corrected chi connectivity index (χ0v) is 13.3. The zero-order valence-electron chi connectivity index (χ0n) is 12.6. The molecule has 2 N–H and O–H groups in total. The van der Waals surface area contributed by atoms with Gasteiger partial charge in [-0.3, -0.25) is 0 Å². The quantitative estimate of drug-likeness (QED) is 0.704. The van der Waals surface area contributed by atoms with Gasteiger partial charge in [-0.2, -0.15) is 0 Å². The van der Waals surface area contributed by atoms with E-state index in [1.807, 2.05) is 66.7 Å². The highest BCUT2D eigenvalue weighted by molar-refractivity contribution is 6.33. The second kappa shape index (κ2) is 7.47. The fraction of sp³-hybridized carbons (Fsp3) is 0.158. The van der Waals surface area contributed by atoms with Crippen molar-refractivity contribution in [3.05, 3.63) is 83.1 Å². The number of rotatable bonds is 6. The van der Waals surface area contributed by atoms with Crippen molar-refractivity contribution in [2.75, 3.05) is 6.54 Å². The van der Waals surface area contributed by atoms with Crippen LogP contribution in [0.2, 0.25) is 5.02 Å². The van der Waals surface area contributed by atoms with E-state index in [1.54, 1.807) is 0 Å². The van der Waals surface area contributed by atoms with Gasteiger partial charge in [-0.1, -0.05) is 54.1 Å². The van der Waals surface area contributed by atoms with E-state index in [-0.39, 0.29) is 0 Å². The number of halogens is 1. The van der Waals surface area contributed by atoms with Crippen LogP contribution in [0.3, 0.4) is 0 Å². The standard InChI is InChI=1S/C19H18ClNO2/c20-17-9-5-4-8-16(17)19-11-10-15(23-19)12-21-13-18(22)14-6-2-1-3-7-14/h1-11,18,21-22H,12-13H2/t18-/m0/s1. The van der Waals surface area contributed by atoms with Crippen molar-refractivity contribution in [2.45, 2.75) is 12.6 Å². The van der Waals surface area contributed by atoms with Gasteiger partial charge in [0.25, 0.3) is 0 Å². The summed E-state index contributed by atoms with van der Waals surface area (Å²) in [6, 6.07) is 21.0. The van der Waals surface area contributed by atoms with Crippen molar-refractivity contribution in [1.29, 1.82) is 0 Å². The Balaban J connectivity index is 1.57. The summed E-state index contributed by atoms with van der Waals surface area (Å²) < 4.78 is 5.81. The van der Waals surface area contributed by atoms with Crippen molar-refractivity contribution >= 4 is 11.6 Å². The summed E-state index contributed by atoms with van der Waals surface area (Å²) in [7, 11) is 0. The molecule has 4 heteroatoms. The Kier molecular flexibility index (Phi) is 5.13. The first-order valence-electron chi connectivity index (χ1n) is 7.51. The van der Waals surface area contributed by atoms with E-state index < -0.39 is 6.10 Å². The van der Waals surface area contributed by atoms with Gasteiger partial charge in [-0.15, -0.1) is 0 Å². The topological polar surface area (TPSA) is 45.4 Å². The maximum Gasteiger partial charge on any atom is 0.135 e. The molecule has 1 atom stereocenters. The summed E-state index contributed by atoms with van der Waals surface area (Å²) in [6.45, 7) is 1.01. The van der Waals surface area contributed by atoms with Gasteiger partial charge in [0.05, 0.1) is 17.7 Å². The lowest BCUT2D eigenvalue weighted by Gasteiger charge is -2.11. The molecule has 3 nitrogen and oxygen atoms in total. The molecule has 0 aliphatic rings. The molecule has 1 aromatic heterocycles. The third-order valence-corrected chi connectivity index (χ3v) is 3.95. The highest BCUT2D eigenvalue weighted by atomic mass is 35.5. The molecule has 2 aromatic carbocycles. The Morgan fingerprint density at radius 3 is 2.48 bits per heavy atom. The fourth-order valence-electron chi connectivity index (χ4n) is 2.40. The van der Waals surface area contributed by atoms with Gasteiger partial charge in [-0.05, 0) is 29.8 Å². The van der Waals surface area contributed by atoms with Crippen molar-refractivity contribution in [3.63, 3.8) is 0 Å². The van der Waals surface area contributed by atoms with Crippen molar-refractivity contribution in [1.82, 2.24) is 5.32 Å². The van der Waals surface area contributed by atoms with Crippen LogP contribution in [0.25, 0.3) is 11.3 Å². The van der Waals surface area contributed by atoms with E-state index >= 15 is 0 Å². The Labute approximate surface area is 140 Å². The Morgan fingerprint density at radius 2 is 1.70 bits per heavy atom. The second-order valence-electron chi connectivity index (χ2n) is 5.30. The molecule has 0 aliphatic carbocycles. The van der Waals surface area contributed by atoms with E-state index in [2.05, 4.69) is 5.32 Å². The number of aliphatic hydroxyl groups excluding tert-OH is 1. The lowest BCUT2D eigenvalue weighted by molar-refractivity contribution is 0.173. The number of hydrogen-bond acceptors (Lipinski definition) is 3. The Hall–Kier alpha value is -2.07. The smallest absolute Gasteiger partial charge is 0.135 e. The summed E-state index contributed by atoms with van der Waals surface area (Å²) in [5.41, 5.74) is 1.78. The van der Waals surface area contributed by atoms with E-state index in [0.717, 1.165) is 22.6 Å². The van der Waals surface area contributed by atoms with Gasteiger partial charge < -0.3 is 14.8 Å². The minimum Gasteiger partial charge on any atom is -0.460 e. The van der Waals surface area contributed by atoms with Gasteiger partial charge in [-0.25, -0.2) is 0 Å². The number of furan rings is 1. The van der Waals surface area contributed by atoms with Gasteiger partial charge >= 0.3 is 0 Å². The maximum absolute atomic E-state index is 10.1. The number of benzene rings is 2. The Morgan fingerprint density at radius 1 is 0.957 bits per heavy atom. The lowest BCUT2D eigenvalue weighted by atomic mass is 10.1. The predicted molar refractivity (Wildman–Crippen MR) is 92.3 cm³/mol. The molecular weight excluding hydrogens is 310 g/mol. The first kappa shape index (κ1) is 15.8. The van der Waals surface area contributed by atoms with Gasteiger partial charge in [0.1, 0.15) is 11.5 Å². The van der Waals surface area contributed by atoms with Crippen LogP contribution < -0.4 is 5.32 Å². The lowest BCUT2D eigenvalue weighted by Crippen LogP contribution is -2.20. The monoisotopic (exact) mass is 327 g/mol. The molecular formula is C19H18ClNO2. The van der Waals surface area contributed by atoms with E-state index in [0.29, 0.717) is 18.1 Å². The van der Waals surface area contributed by atoms with Crippen LogP contribution >= 0.6 is 11.6 Å². The van der Waals surface area contributed by atoms with E-state index in [1.165, 1.54) is 0 Å². The van der Waals surface area contributed by atoms with Gasteiger partial charge in [0.2, 0.25) is 0 Å². The molecule has 0 fully saturated rings. The molecule has 0 bridgehead atoms. The van der Waals surface area contributed by atoms with Crippen LogP contribution in [0, 0.1) is 0 Å². The minimum atomic E-state index is -0.533. The highest BCUT2D eigenvalue weighted by Gasteiger charge is 2.09. The van der Waals surface area contributed by atoms with E-state index in [9.17, 15) is 5.11 Å². The summed E-state index contributed by atoms with van der Waals surface area (Å²) in [5.74, 6) is 1.55. The molecule has 118 valence electrons.